The van der Waals surface area contributed by atoms with E-state index < -0.39 is 18.3 Å². The van der Waals surface area contributed by atoms with Gasteiger partial charge in [0.25, 0.3) is 0 Å². The summed E-state index contributed by atoms with van der Waals surface area (Å²) in [4.78, 5) is 0. The van der Waals surface area contributed by atoms with Gasteiger partial charge in [-0.1, -0.05) is 31.2 Å². The molecule has 21 heavy (non-hydrogen) atoms. The molecule has 1 aliphatic heterocycles. The summed E-state index contributed by atoms with van der Waals surface area (Å²) >= 11 is 0. The number of hydrogen-bond donors (Lipinski definition) is 0. The highest BCUT2D eigenvalue weighted by Gasteiger charge is 2.53. The summed E-state index contributed by atoms with van der Waals surface area (Å²) in [5, 5.41) is 0. The first-order valence-corrected chi connectivity index (χ1v) is 7.49. The molecule has 4 heteroatoms. The summed E-state index contributed by atoms with van der Waals surface area (Å²) in [5.74, 6) is 0. The molecule has 0 unspecified atom stereocenters. The van der Waals surface area contributed by atoms with Crippen LogP contribution < -0.4 is 0 Å². The minimum atomic E-state index is -0.930. The van der Waals surface area contributed by atoms with Crippen LogP contribution in [-0.2, 0) is 15.7 Å². The minimum Gasteiger partial charge on any atom is -0.398 e. The molecule has 114 valence electrons. The fourth-order valence-electron chi connectivity index (χ4n) is 2.25. The fraction of sp³-hybridized carbons (Fsp3) is 0.529. The highest BCUT2D eigenvalue weighted by atomic mass is 19.1. The van der Waals surface area contributed by atoms with Crippen molar-refractivity contribution >= 4 is 12.7 Å². The Bertz CT molecular complexity index is 530. The van der Waals surface area contributed by atoms with Crippen LogP contribution in [0, 0.1) is 0 Å². The normalized spacial score (nSPS) is 21.4. The average Bonchev–Trinajstić information content (AvgIpc) is 2.66. The van der Waals surface area contributed by atoms with Crippen molar-refractivity contribution in [2.45, 2.75) is 59.2 Å². The topological polar surface area (TPSA) is 18.5 Å². The summed E-state index contributed by atoms with van der Waals surface area (Å²) in [7, 11) is -0.930. The zero-order valence-electron chi connectivity index (χ0n) is 13.8. The van der Waals surface area contributed by atoms with Gasteiger partial charge in [-0.15, -0.1) is 0 Å². The van der Waals surface area contributed by atoms with Gasteiger partial charge in [0.2, 0.25) is 0 Å². The van der Waals surface area contributed by atoms with Gasteiger partial charge in [-0.3, -0.25) is 0 Å². The molecule has 0 atom stereocenters. The second kappa shape index (κ2) is 5.58. The van der Waals surface area contributed by atoms with Gasteiger partial charge in [0.1, 0.15) is 5.73 Å². The van der Waals surface area contributed by atoms with E-state index in [-0.39, 0.29) is 5.73 Å². The quantitative estimate of drug-likeness (QED) is 0.758. The molecule has 0 aliphatic carbocycles. The molecule has 1 heterocycles. The first-order chi connectivity index (χ1) is 9.68. The monoisotopic (exact) mass is 290 g/mol. The molecule has 0 N–H and O–H groups in total. The van der Waals surface area contributed by atoms with Gasteiger partial charge in [0, 0.05) is 0 Å². The number of rotatable bonds is 3. The van der Waals surface area contributed by atoms with E-state index in [1.807, 2.05) is 52.0 Å². The van der Waals surface area contributed by atoms with Crippen LogP contribution in [0.5, 0.6) is 0 Å². The maximum Gasteiger partial charge on any atom is 0.525 e. The van der Waals surface area contributed by atoms with Gasteiger partial charge in [0.15, 0.2) is 0 Å². The lowest BCUT2D eigenvalue weighted by atomic mass is 9.83. The van der Waals surface area contributed by atoms with Crippen LogP contribution in [-0.4, -0.2) is 18.3 Å². The van der Waals surface area contributed by atoms with E-state index in [2.05, 4.69) is 6.92 Å². The Hall–Kier alpha value is -1.13. The van der Waals surface area contributed by atoms with Gasteiger partial charge in [-0.25, -0.2) is 4.39 Å². The molecule has 1 saturated heterocycles. The van der Waals surface area contributed by atoms with Gasteiger partial charge < -0.3 is 9.31 Å². The van der Waals surface area contributed by atoms with Gasteiger partial charge in [0.05, 0.1) is 11.2 Å². The van der Waals surface area contributed by atoms with Crippen LogP contribution in [0.4, 0.5) is 4.39 Å². The highest BCUT2D eigenvalue weighted by Crippen LogP contribution is 2.40. The summed E-state index contributed by atoms with van der Waals surface area (Å²) in [6.45, 7) is 11.6. The zero-order valence-corrected chi connectivity index (χ0v) is 13.8. The molecule has 0 amide bonds. The predicted octanol–water partition coefficient (Wildman–Crippen LogP) is 4.58. The molecule has 1 aromatic carbocycles. The molecule has 2 rings (SSSR count). The number of allylic oxidation sites excluding steroid dienone is 1. The second-order valence-electron chi connectivity index (χ2n) is 6.61. The molecular weight excluding hydrogens is 266 g/mol. The molecule has 0 spiro atoms. The highest BCUT2D eigenvalue weighted by molar-refractivity contribution is 6.55. The third-order valence-electron chi connectivity index (χ3n) is 4.61. The molecule has 1 aliphatic rings. The molecule has 0 bridgehead atoms. The van der Waals surface area contributed by atoms with Crippen molar-refractivity contribution in [2.24, 2.45) is 0 Å². The Morgan fingerprint density at radius 3 is 1.95 bits per heavy atom. The van der Waals surface area contributed by atoms with Gasteiger partial charge >= 0.3 is 7.12 Å². The van der Waals surface area contributed by atoms with E-state index in [9.17, 15) is 4.39 Å². The Kier molecular flexibility index (Phi) is 4.32. The van der Waals surface area contributed by atoms with Crippen molar-refractivity contribution in [2.75, 3.05) is 0 Å². The van der Waals surface area contributed by atoms with Crippen molar-refractivity contribution in [1.82, 2.24) is 0 Å². The lowest BCUT2D eigenvalue weighted by Crippen LogP contribution is -2.41. The van der Waals surface area contributed by atoms with E-state index in [4.69, 9.17) is 9.31 Å². The molecule has 2 nitrogen and oxygen atoms in total. The smallest absolute Gasteiger partial charge is 0.398 e. The van der Waals surface area contributed by atoms with Crippen LogP contribution in [0.25, 0.3) is 5.57 Å². The standard InChI is InChI=1S/C17H24BFO2/c1-7-13-8-10-14(11-9-13)12(2)15(19)18-20-16(3,4)17(5,6)21-18/h8-11H,7H2,1-6H3. The third-order valence-corrected chi connectivity index (χ3v) is 4.61. The molecule has 1 fully saturated rings. The van der Waals surface area contributed by atoms with Crippen molar-refractivity contribution in [3.05, 3.63) is 41.1 Å². The van der Waals surface area contributed by atoms with Crippen molar-refractivity contribution in [3.63, 3.8) is 0 Å². The van der Waals surface area contributed by atoms with Crippen LogP contribution in [0.3, 0.4) is 0 Å². The lowest BCUT2D eigenvalue weighted by Gasteiger charge is -2.32. The number of aryl methyl sites for hydroxylation is 1. The van der Waals surface area contributed by atoms with Crippen molar-refractivity contribution in [3.8, 4) is 0 Å². The third kappa shape index (κ3) is 3.07. The minimum absolute atomic E-state index is 0.349. The summed E-state index contributed by atoms with van der Waals surface area (Å²) in [6, 6.07) is 7.94. The van der Waals surface area contributed by atoms with Crippen LogP contribution in [0.1, 0.15) is 52.7 Å². The van der Waals surface area contributed by atoms with Gasteiger partial charge in [-0.05, 0) is 57.7 Å². The number of benzene rings is 1. The van der Waals surface area contributed by atoms with Crippen molar-refractivity contribution in [1.29, 1.82) is 0 Å². The van der Waals surface area contributed by atoms with E-state index in [1.54, 1.807) is 6.92 Å². The molecule has 1 aromatic rings. The van der Waals surface area contributed by atoms with Gasteiger partial charge in [-0.2, -0.15) is 0 Å². The maximum atomic E-state index is 14.7. The van der Waals surface area contributed by atoms with E-state index in [0.717, 1.165) is 12.0 Å². The Balaban J connectivity index is 2.27. The number of halogens is 1. The fourth-order valence-corrected chi connectivity index (χ4v) is 2.25. The maximum absolute atomic E-state index is 14.7. The number of hydrogen-bond acceptors (Lipinski definition) is 2. The van der Waals surface area contributed by atoms with Crippen LogP contribution in [0.2, 0.25) is 0 Å². The van der Waals surface area contributed by atoms with E-state index >= 15 is 0 Å². The predicted molar refractivity (Wildman–Crippen MR) is 85.6 cm³/mol. The summed E-state index contributed by atoms with van der Waals surface area (Å²) < 4.78 is 26.2. The largest absolute Gasteiger partial charge is 0.525 e. The van der Waals surface area contributed by atoms with Crippen molar-refractivity contribution < 1.29 is 13.7 Å². The summed E-state index contributed by atoms with van der Waals surface area (Å²) in [6.07, 6.45) is 0.975. The molecule has 0 radical (unpaired) electrons. The van der Waals surface area contributed by atoms with Crippen LogP contribution >= 0.6 is 0 Å². The SMILES string of the molecule is CCc1ccc(C(C)=C(F)B2OC(C)(C)C(C)(C)O2)cc1. The summed E-state index contributed by atoms with van der Waals surface area (Å²) in [5.41, 5.74) is 1.26. The molecule has 0 saturated carbocycles. The average molecular weight is 290 g/mol. The first-order valence-electron chi connectivity index (χ1n) is 7.49. The first kappa shape index (κ1) is 16.2. The van der Waals surface area contributed by atoms with E-state index in [0.29, 0.717) is 5.57 Å². The lowest BCUT2D eigenvalue weighted by molar-refractivity contribution is 0.00578. The Morgan fingerprint density at radius 2 is 1.52 bits per heavy atom. The Labute approximate surface area is 127 Å². The zero-order chi connectivity index (χ0) is 15.8. The Morgan fingerprint density at radius 1 is 1.05 bits per heavy atom. The molecular formula is C17H24BFO2. The van der Waals surface area contributed by atoms with Crippen LogP contribution in [0.15, 0.2) is 30.0 Å². The second-order valence-corrected chi connectivity index (χ2v) is 6.61. The molecule has 0 aromatic heterocycles. The van der Waals surface area contributed by atoms with E-state index in [1.165, 1.54) is 5.56 Å².